The molecule has 11 heteroatoms. The predicted molar refractivity (Wildman–Crippen MR) is 130 cm³/mol. The highest BCUT2D eigenvalue weighted by Crippen LogP contribution is 2.35. The van der Waals surface area contributed by atoms with Crippen molar-refractivity contribution in [3.63, 3.8) is 0 Å². The number of carbonyl (C=O) groups is 3. The van der Waals surface area contributed by atoms with Gasteiger partial charge in [0, 0.05) is 48.7 Å². The van der Waals surface area contributed by atoms with Gasteiger partial charge in [-0.1, -0.05) is 0 Å². The second-order valence-corrected chi connectivity index (χ2v) is 9.17. The van der Waals surface area contributed by atoms with Crippen molar-refractivity contribution in [3.8, 4) is 5.75 Å². The molecule has 0 radical (unpaired) electrons. The lowest BCUT2D eigenvalue weighted by atomic mass is 10.0. The number of amides is 4. The molecule has 1 aromatic heterocycles. The maximum Gasteiger partial charge on any atom is 0.412 e. The molecule has 0 unspecified atom stereocenters. The fourth-order valence-electron chi connectivity index (χ4n) is 4.80. The molecule has 0 spiro atoms. The maximum absolute atomic E-state index is 13.8. The van der Waals surface area contributed by atoms with Gasteiger partial charge in [-0.3, -0.25) is 4.79 Å². The van der Waals surface area contributed by atoms with Crippen LogP contribution in [0.3, 0.4) is 0 Å². The summed E-state index contributed by atoms with van der Waals surface area (Å²) in [6.45, 7) is 6.73. The standard InChI is InChI=1S/C25H28FN5O5/c1-14-21(12-19-18-11-16(26)3-4-20(18)29-23(19)32)27-15(2)22(14)36-24(33)28-17-5-6-31(13-17)25(34)30-7-9-35-10-8-30/h3-4,11-12,17,27H,5-10,13H2,1-2H3,(H,28,33)(H,29,32)/b19-12-/t17-/m0/s1. The van der Waals surface area contributed by atoms with Gasteiger partial charge in [-0.2, -0.15) is 0 Å². The molecule has 0 aliphatic carbocycles. The number of hydrogen-bond donors (Lipinski definition) is 3. The third kappa shape index (κ3) is 4.66. The summed E-state index contributed by atoms with van der Waals surface area (Å²) in [7, 11) is 0. The molecule has 5 rings (SSSR count). The number of hydrogen-bond acceptors (Lipinski definition) is 5. The Morgan fingerprint density at radius 2 is 1.97 bits per heavy atom. The van der Waals surface area contributed by atoms with E-state index in [0.29, 0.717) is 85.3 Å². The molecule has 1 atom stereocenters. The van der Waals surface area contributed by atoms with Crippen molar-refractivity contribution in [3.05, 3.63) is 46.5 Å². The van der Waals surface area contributed by atoms with Gasteiger partial charge < -0.3 is 34.9 Å². The molecule has 0 bridgehead atoms. The van der Waals surface area contributed by atoms with Crippen molar-refractivity contribution in [2.75, 3.05) is 44.7 Å². The molecule has 36 heavy (non-hydrogen) atoms. The van der Waals surface area contributed by atoms with Gasteiger partial charge in [0.2, 0.25) is 0 Å². The molecule has 3 aliphatic rings. The van der Waals surface area contributed by atoms with Crippen LogP contribution < -0.4 is 15.4 Å². The van der Waals surface area contributed by atoms with Crippen LogP contribution >= 0.6 is 0 Å². The molecule has 3 aliphatic heterocycles. The molecule has 4 heterocycles. The third-order valence-corrected chi connectivity index (χ3v) is 6.72. The summed E-state index contributed by atoms with van der Waals surface area (Å²) < 4.78 is 24.7. The number of H-pyrrole nitrogens is 1. The van der Waals surface area contributed by atoms with E-state index in [2.05, 4.69) is 15.6 Å². The van der Waals surface area contributed by atoms with E-state index in [9.17, 15) is 18.8 Å². The fourth-order valence-corrected chi connectivity index (χ4v) is 4.80. The minimum atomic E-state index is -0.615. The number of morpholine rings is 1. The number of aromatic nitrogens is 1. The first-order valence-corrected chi connectivity index (χ1v) is 11.9. The lowest BCUT2D eigenvalue weighted by molar-refractivity contribution is -0.110. The van der Waals surface area contributed by atoms with Gasteiger partial charge in [0.15, 0.2) is 5.75 Å². The topological polar surface area (TPSA) is 116 Å². The van der Waals surface area contributed by atoms with E-state index >= 15 is 0 Å². The van der Waals surface area contributed by atoms with Gasteiger partial charge >= 0.3 is 12.1 Å². The number of carbonyl (C=O) groups excluding carboxylic acids is 3. The van der Waals surface area contributed by atoms with Crippen LogP contribution in [0.2, 0.25) is 0 Å². The number of ether oxygens (including phenoxy) is 2. The molecule has 2 saturated heterocycles. The van der Waals surface area contributed by atoms with Crippen LogP contribution in [0.4, 0.5) is 19.7 Å². The van der Waals surface area contributed by atoms with E-state index in [1.807, 2.05) is 0 Å². The Morgan fingerprint density at radius 1 is 1.19 bits per heavy atom. The number of aromatic amines is 1. The number of nitrogens with one attached hydrogen (secondary N) is 3. The third-order valence-electron chi connectivity index (χ3n) is 6.72. The molecular weight excluding hydrogens is 469 g/mol. The van der Waals surface area contributed by atoms with Crippen LogP contribution in [0.25, 0.3) is 11.6 Å². The summed E-state index contributed by atoms with van der Waals surface area (Å²) >= 11 is 0. The lowest BCUT2D eigenvalue weighted by Gasteiger charge is -2.30. The number of urea groups is 1. The molecular formula is C25H28FN5O5. The Labute approximate surface area is 207 Å². The molecule has 4 amide bonds. The van der Waals surface area contributed by atoms with Gasteiger partial charge in [0.1, 0.15) is 5.82 Å². The summed E-state index contributed by atoms with van der Waals surface area (Å²) in [6.07, 6.45) is 1.65. The first-order chi connectivity index (χ1) is 17.3. The number of rotatable bonds is 3. The van der Waals surface area contributed by atoms with Crippen LogP contribution in [-0.4, -0.2) is 78.2 Å². The van der Waals surface area contributed by atoms with Crippen LogP contribution in [0, 0.1) is 19.7 Å². The minimum absolute atomic E-state index is 0.0385. The monoisotopic (exact) mass is 497 g/mol. The molecule has 3 N–H and O–H groups in total. The Balaban J connectivity index is 1.24. The van der Waals surface area contributed by atoms with Gasteiger partial charge in [0.05, 0.1) is 30.5 Å². The molecule has 2 fully saturated rings. The molecule has 2 aromatic rings. The number of likely N-dealkylation sites (tertiary alicyclic amines) is 1. The lowest BCUT2D eigenvalue weighted by Crippen LogP contribution is -2.48. The highest BCUT2D eigenvalue weighted by Gasteiger charge is 2.31. The zero-order valence-electron chi connectivity index (χ0n) is 20.2. The first-order valence-electron chi connectivity index (χ1n) is 11.9. The van der Waals surface area contributed by atoms with Crippen molar-refractivity contribution < 1.29 is 28.2 Å². The fraction of sp³-hybridized carbons (Fsp3) is 0.400. The van der Waals surface area contributed by atoms with Crippen LogP contribution in [0.5, 0.6) is 5.75 Å². The number of nitrogens with zero attached hydrogens (tertiary/aromatic N) is 2. The zero-order valence-corrected chi connectivity index (χ0v) is 20.2. The average molecular weight is 498 g/mol. The van der Waals surface area contributed by atoms with E-state index in [0.717, 1.165) is 0 Å². The number of halogens is 1. The molecule has 190 valence electrons. The van der Waals surface area contributed by atoms with Crippen molar-refractivity contribution >= 4 is 35.4 Å². The van der Waals surface area contributed by atoms with E-state index < -0.39 is 11.9 Å². The van der Waals surface area contributed by atoms with Crippen molar-refractivity contribution in [1.29, 1.82) is 0 Å². The van der Waals surface area contributed by atoms with Crippen LogP contribution in [0.15, 0.2) is 18.2 Å². The van der Waals surface area contributed by atoms with E-state index in [1.165, 1.54) is 18.2 Å². The van der Waals surface area contributed by atoms with Gasteiger partial charge in [-0.15, -0.1) is 0 Å². The van der Waals surface area contributed by atoms with Crippen molar-refractivity contribution in [2.45, 2.75) is 26.3 Å². The predicted octanol–water partition coefficient (Wildman–Crippen LogP) is 2.88. The quantitative estimate of drug-likeness (QED) is 0.564. The highest BCUT2D eigenvalue weighted by molar-refractivity contribution is 6.34. The van der Waals surface area contributed by atoms with Gasteiger partial charge in [-0.05, 0) is 44.5 Å². The number of fused-ring (bicyclic) bond motifs is 1. The van der Waals surface area contributed by atoms with E-state index in [1.54, 1.807) is 29.7 Å². The van der Waals surface area contributed by atoms with Crippen LogP contribution in [0.1, 0.15) is 28.9 Å². The normalized spacial score (nSPS) is 20.5. The summed E-state index contributed by atoms with van der Waals surface area (Å²) in [4.78, 5) is 44.4. The average Bonchev–Trinajstić information content (AvgIpc) is 3.52. The molecule has 10 nitrogen and oxygen atoms in total. The number of aryl methyl sites for hydroxylation is 1. The Hall–Kier alpha value is -3.86. The van der Waals surface area contributed by atoms with Crippen LogP contribution in [-0.2, 0) is 9.53 Å². The summed E-state index contributed by atoms with van der Waals surface area (Å²) in [5, 5.41) is 5.57. The largest absolute Gasteiger partial charge is 0.412 e. The Bertz CT molecular complexity index is 1250. The molecule has 1 aromatic carbocycles. The Morgan fingerprint density at radius 3 is 2.75 bits per heavy atom. The maximum atomic E-state index is 13.8. The van der Waals surface area contributed by atoms with E-state index in [-0.39, 0.29) is 18.0 Å². The van der Waals surface area contributed by atoms with Crippen molar-refractivity contribution in [2.24, 2.45) is 0 Å². The summed E-state index contributed by atoms with van der Waals surface area (Å²) in [6, 6.07) is 3.87. The second kappa shape index (κ2) is 9.65. The van der Waals surface area contributed by atoms with Crippen molar-refractivity contribution in [1.82, 2.24) is 20.1 Å². The summed E-state index contributed by atoms with van der Waals surface area (Å²) in [5.74, 6) is -0.412. The smallest absolute Gasteiger partial charge is 0.408 e. The van der Waals surface area contributed by atoms with Gasteiger partial charge in [-0.25, -0.2) is 14.0 Å². The Kier molecular flexibility index (Phi) is 6.40. The van der Waals surface area contributed by atoms with E-state index in [4.69, 9.17) is 9.47 Å². The molecule has 0 saturated carbocycles. The summed E-state index contributed by atoms with van der Waals surface area (Å²) in [5.41, 5.74) is 3.18. The van der Waals surface area contributed by atoms with Gasteiger partial charge in [0.25, 0.3) is 5.91 Å². The second-order valence-electron chi connectivity index (χ2n) is 9.17. The SMILES string of the molecule is Cc1[nH]c(/C=C2\C(=O)Nc3ccc(F)cc32)c(C)c1OC(=O)N[C@H]1CCN(C(=O)N2CCOCC2)C1. The number of anilines is 1. The first kappa shape index (κ1) is 23.9. The zero-order chi connectivity index (χ0) is 25.4. The number of benzene rings is 1. The highest BCUT2D eigenvalue weighted by atomic mass is 19.1. The minimum Gasteiger partial charge on any atom is -0.408 e.